The molecule has 0 N–H and O–H groups in total. The van der Waals surface area contributed by atoms with E-state index in [0.717, 1.165) is 22.6 Å². The number of hydrogen-bond acceptors (Lipinski definition) is 7. The van der Waals surface area contributed by atoms with E-state index < -0.39 is 12.0 Å². The van der Waals surface area contributed by atoms with Crippen molar-refractivity contribution in [2.24, 2.45) is 4.99 Å². The van der Waals surface area contributed by atoms with Gasteiger partial charge >= 0.3 is 5.97 Å². The van der Waals surface area contributed by atoms with Crippen molar-refractivity contribution in [2.75, 3.05) is 32.7 Å². The lowest BCUT2D eigenvalue weighted by Gasteiger charge is -2.25. The highest BCUT2D eigenvalue weighted by Crippen LogP contribution is 2.31. The standard InChI is InChI=1S/C26H27N3O4S/c1-6-33-25(31)22-16(2)27-26-29(23(22)18-9-11-19(12-10-18)28(3)4)24(30)21(34-26)15-17-7-13-20(32-5)14-8-17/h7-15,23H,6H2,1-5H3/b21-15+. The van der Waals surface area contributed by atoms with E-state index in [4.69, 9.17) is 9.47 Å². The van der Waals surface area contributed by atoms with Crippen molar-refractivity contribution in [3.05, 3.63) is 90.6 Å². The number of benzene rings is 2. The number of carbonyl (C=O) groups excluding carboxylic acids is 1. The number of aromatic nitrogens is 1. The highest BCUT2D eigenvalue weighted by Gasteiger charge is 2.33. The Bertz CT molecular complexity index is 1410. The first kappa shape index (κ1) is 23.5. The van der Waals surface area contributed by atoms with Gasteiger partial charge in [-0.2, -0.15) is 0 Å². The minimum atomic E-state index is -0.621. The van der Waals surface area contributed by atoms with Gasteiger partial charge in [0.05, 0.1) is 35.6 Å². The lowest BCUT2D eigenvalue weighted by molar-refractivity contribution is -0.139. The van der Waals surface area contributed by atoms with Gasteiger partial charge in [-0.1, -0.05) is 35.6 Å². The minimum Gasteiger partial charge on any atom is -0.497 e. The molecule has 1 aromatic heterocycles. The van der Waals surface area contributed by atoms with Crippen LogP contribution in [0.2, 0.25) is 0 Å². The molecule has 0 fully saturated rings. The van der Waals surface area contributed by atoms with Gasteiger partial charge in [0, 0.05) is 19.8 Å². The molecule has 0 saturated carbocycles. The molecule has 0 aliphatic carbocycles. The maximum atomic E-state index is 13.6. The average molecular weight is 478 g/mol. The summed E-state index contributed by atoms with van der Waals surface area (Å²) in [6.07, 6.45) is 1.83. The van der Waals surface area contributed by atoms with Crippen LogP contribution in [-0.4, -0.2) is 38.3 Å². The van der Waals surface area contributed by atoms with Crippen LogP contribution in [-0.2, 0) is 9.53 Å². The zero-order chi connectivity index (χ0) is 24.4. The Kier molecular flexibility index (Phi) is 6.70. The number of rotatable bonds is 6. The molecule has 176 valence electrons. The molecule has 8 heteroatoms. The van der Waals surface area contributed by atoms with E-state index in [2.05, 4.69) is 4.99 Å². The number of allylic oxidation sites excluding steroid dienone is 1. The van der Waals surface area contributed by atoms with Crippen LogP contribution in [0.1, 0.15) is 31.0 Å². The zero-order valence-corrected chi connectivity index (χ0v) is 20.7. The molecule has 0 spiro atoms. The molecule has 4 rings (SSSR count). The summed E-state index contributed by atoms with van der Waals surface area (Å²) in [5, 5.41) is 0. The Morgan fingerprint density at radius 2 is 1.82 bits per heavy atom. The lowest BCUT2D eigenvalue weighted by Crippen LogP contribution is -2.39. The molecule has 1 unspecified atom stereocenters. The third-order valence-corrected chi connectivity index (χ3v) is 6.64. The van der Waals surface area contributed by atoms with Gasteiger partial charge in [0.15, 0.2) is 4.80 Å². The fourth-order valence-corrected chi connectivity index (χ4v) is 4.96. The summed E-state index contributed by atoms with van der Waals surface area (Å²) in [5.41, 5.74) is 3.45. The van der Waals surface area contributed by atoms with E-state index in [9.17, 15) is 9.59 Å². The van der Waals surface area contributed by atoms with E-state index in [0.29, 0.717) is 20.6 Å². The first-order valence-electron chi connectivity index (χ1n) is 10.9. The number of anilines is 1. The van der Waals surface area contributed by atoms with E-state index >= 15 is 0 Å². The Morgan fingerprint density at radius 1 is 1.15 bits per heavy atom. The van der Waals surface area contributed by atoms with Crippen LogP contribution < -0.4 is 24.5 Å². The monoisotopic (exact) mass is 477 g/mol. The number of carbonyl (C=O) groups is 1. The topological polar surface area (TPSA) is 73.1 Å². The van der Waals surface area contributed by atoms with Crippen molar-refractivity contribution in [1.82, 2.24) is 4.57 Å². The molecular weight excluding hydrogens is 450 g/mol. The quantitative estimate of drug-likeness (QED) is 0.511. The summed E-state index contributed by atoms with van der Waals surface area (Å²) in [5.74, 6) is 0.282. The van der Waals surface area contributed by atoms with Crippen LogP contribution >= 0.6 is 11.3 Å². The van der Waals surface area contributed by atoms with Gasteiger partial charge < -0.3 is 14.4 Å². The van der Waals surface area contributed by atoms with Gasteiger partial charge in [-0.3, -0.25) is 9.36 Å². The predicted octanol–water partition coefficient (Wildman–Crippen LogP) is 2.87. The third-order valence-electron chi connectivity index (χ3n) is 5.66. The summed E-state index contributed by atoms with van der Waals surface area (Å²) >= 11 is 1.31. The van der Waals surface area contributed by atoms with Gasteiger partial charge in [0.1, 0.15) is 5.75 Å². The van der Waals surface area contributed by atoms with Gasteiger partial charge in [-0.05, 0) is 55.3 Å². The van der Waals surface area contributed by atoms with Crippen molar-refractivity contribution >= 4 is 29.1 Å². The molecule has 1 aliphatic rings. The van der Waals surface area contributed by atoms with Gasteiger partial charge in [0.25, 0.3) is 5.56 Å². The van der Waals surface area contributed by atoms with Crippen molar-refractivity contribution in [3.8, 4) is 5.75 Å². The van der Waals surface area contributed by atoms with Crippen LogP contribution in [0.4, 0.5) is 5.69 Å². The molecule has 0 bridgehead atoms. The predicted molar refractivity (Wildman–Crippen MR) is 134 cm³/mol. The van der Waals surface area contributed by atoms with Crippen LogP contribution in [0.25, 0.3) is 6.08 Å². The second kappa shape index (κ2) is 9.69. The fourth-order valence-electron chi connectivity index (χ4n) is 3.91. The molecule has 3 aromatic rings. The zero-order valence-electron chi connectivity index (χ0n) is 19.9. The van der Waals surface area contributed by atoms with E-state index in [-0.39, 0.29) is 12.2 Å². The molecule has 2 heterocycles. The van der Waals surface area contributed by atoms with Crippen molar-refractivity contribution in [2.45, 2.75) is 19.9 Å². The van der Waals surface area contributed by atoms with Crippen molar-refractivity contribution < 1.29 is 14.3 Å². The number of hydrogen-bond donors (Lipinski definition) is 0. The summed E-state index contributed by atoms with van der Waals surface area (Å²) in [7, 11) is 5.54. The van der Waals surface area contributed by atoms with Crippen LogP contribution in [0.5, 0.6) is 5.75 Å². The summed E-state index contributed by atoms with van der Waals surface area (Å²) in [4.78, 5) is 33.7. The summed E-state index contributed by atoms with van der Waals surface area (Å²) < 4.78 is 12.7. The first-order valence-corrected chi connectivity index (χ1v) is 11.8. The second-order valence-corrected chi connectivity index (χ2v) is 9.07. The third kappa shape index (κ3) is 4.41. The maximum absolute atomic E-state index is 13.6. The van der Waals surface area contributed by atoms with Crippen LogP contribution in [0.15, 0.2) is 69.6 Å². The summed E-state index contributed by atoms with van der Waals surface area (Å²) in [6.45, 7) is 3.79. The van der Waals surface area contributed by atoms with Gasteiger partial charge in [-0.25, -0.2) is 9.79 Å². The SMILES string of the molecule is CCOC(=O)C1=C(C)N=c2s/c(=C/c3ccc(OC)cc3)c(=O)n2C1c1ccc(N(C)C)cc1. The fraction of sp³-hybridized carbons (Fsp3) is 0.269. The Labute approximate surface area is 201 Å². The van der Waals surface area contributed by atoms with E-state index in [1.165, 1.54) is 11.3 Å². The largest absolute Gasteiger partial charge is 0.497 e. The van der Waals surface area contributed by atoms with Gasteiger partial charge in [-0.15, -0.1) is 0 Å². The molecular formula is C26H27N3O4S. The minimum absolute atomic E-state index is 0.199. The molecule has 0 radical (unpaired) electrons. The van der Waals surface area contributed by atoms with Crippen LogP contribution in [0, 0.1) is 0 Å². The summed E-state index contributed by atoms with van der Waals surface area (Å²) in [6, 6.07) is 14.7. The van der Waals surface area contributed by atoms with E-state index in [1.54, 1.807) is 25.5 Å². The molecule has 1 aliphatic heterocycles. The van der Waals surface area contributed by atoms with Crippen molar-refractivity contribution in [1.29, 1.82) is 0 Å². The molecule has 34 heavy (non-hydrogen) atoms. The highest BCUT2D eigenvalue weighted by atomic mass is 32.1. The number of ether oxygens (including phenoxy) is 2. The van der Waals surface area contributed by atoms with E-state index in [1.807, 2.05) is 73.6 Å². The number of nitrogens with zero attached hydrogens (tertiary/aromatic N) is 3. The average Bonchev–Trinajstić information content (AvgIpc) is 3.13. The number of fused-ring (bicyclic) bond motifs is 1. The second-order valence-electron chi connectivity index (χ2n) is 8.06. The number of thiazole rings is 1. The smallest absolute Gasteiger partial charge is 0.338 e. The normalized spacial score (nSPS) is 15.6. The van der Waals surface area contributed by atoms with Crippen LogP contribution in [0.3, 0.4) is 0 Å². The lowest BCUT2D eigenvalue weighted by atomic mass is 9.95. The Hall–Kier alpha value is -3.65. The molecule has 0 amide bonds. The first-order chi connectivity index (χ1) is 16.3. The molecule has 7 nitrogen and oxygen atoms in total. The number of methoxy groups -OCH3 is 1. The van der Waals surface area contributed by atoms with Gasteiger partial charge in [0.2, 0.25) is 0 Å². The maximum Gasteiger partial charge on any atom is 0.338 e. The Balaban J connectivity index is 1.90. The number of esters is 1. The van der Waals surface area contributed by atoms with Crippen molar-refractivity contribution in [3.63, 3.8) is 0 Å². The molecule has 1 atom stereocenters. The Morgan fingerprint density at radius 3 is 2.41 bits per heavy atom. The molecule has 2 aromatic carbocycles. The molecule has 0 saturated heterocycles. The highest BCUT2D eigenvalue weighted by molar-refractivity contribution is 7.07.